The summed E-state index contributed by atoms with van der Waals surface area (Å²) in [5.74, 6) is 0. The number of nitrogens with one attached hydrogen (secondary N) is 1. The first-order valence-corrected chi connectivity index (χ1v) is 7.16. The second-order valence-corrected chi connectivity index (χ2v) is 5.02. The summed E-state index contributed by atoms with van der Waals surface area (Å²) in [5, 5.41) is 12.3. The van der Waals surface area contributed by atoms with Gasteiger partial charge in [-0.1, -0.05) is 29.8 Å². The van der Waals surface area contributed by atoms with Crippen LogP contribution in [0, 0.1) is 11.3 Å². The van der Waals surface area contributed by atoms with E-state index in [2.05, 4.69) is 46.1 Å². The van der Waals surface area contributed by atoms with Crippen molar-refractivity contribution in [2.24, 2.45) is 0 Å². The minimum atomic E-state index is 0.695. The molecule has 0 aliphatic heterocycles. The lowest BCUT2D eigenvalue weighted by molar-refractivity contribution is 0.303. The van der Waals surface area contributed by atoms with Crippen LogP contribution in [-0.4, -0.2) is 31.1 Å². The molecule has 1 N–H and O–H groups in total. The molecule has 0 aliphatic carbocycles. The van der Waals surface area contributed by atoms with Crippen LogP contribution in [0.15, 0.2) is 22.7 Å². The summed E-state index contributed by atoms with van der Waals surface area (Å²) in [7, 11) is 0. The zero-order valence-corrected chi connectivity index (χ0v) is 12.6. The largest absolute Gasteiger partial charge is 0.384 e. The Morgan fingerprint density at radius 3 is 2.67 bits per heavy atom. The van der Waals surface area contributed by atoms with Crippen LogP contribution in [-0.2, 0) is 0 Å². The third kappa shape index (κ3) is 4.67. The van der Waals surface area contributed by atoms with E-state index in [1.54, 1.807) is 0 Å². The fraction of sp³-hybridized carbons (Fsp3) is 0.500. The molecule has 1 aromatic carbocycles. The number of benzene rings is 1. The Morgan fingerprint density at radius 2 is 2.06 bits per heavy atom. The Labute approximate surface area is 118 Å². The number of hydrogen-bond donors (Lipinski definition) is 1. The van der Waals surface area contributed by atoms with Gasteiger partial charge in [-0.2, -0.15) is 5.26 Å². The van der Waals surface area contributed by atoms with Gasteiger partial charge in [0.05, 0.1) is 11.3 Å². The summed E-state index contributed by atoms with van der Waals surface area (Å²) >= 11 is 3.42. The first kappa shape index (κ1) is 15.0. The van der Waals surface area contributed by atoms with Crippen LogP contribution in [0.5, 0.6) is 0 Å². The fourth-order valence-electron chi connectivity index (χ4n) is 1.83. The topological polar surface area (TPSA) is 39.1 Å². The van der Waals surface area contributed by atoms with Crippen LogP contribution >= 0.6 is 15.9 Å². The average molecular weight is 310 g/mol. The van der Waals surface area contributed by atoms with Gasteiger partial charge in [0.2, 0.25) is 0 Å². The number of halogens is 1. The van der Waals surface area contributed by atoms with Gasteiger partial charge in [0, 0.05) is 11.0 Å². The fourth-order valence-corrected chi connectivity index (χ4v) is 2.19. The third-order valence-electron chi connectivity index (χ3n) is 2.96. The minimum Gasteiger partial charge on any atom is -0.384 e. The first-order chi connectivity index (χ1) is 8.71. The molecule has 3 nitrogen and oxygen atoms in total. The van der Waals surface area contributed by atoms with Crippen LogP contribution in [0.25, 0.3) is 0 Å². The van der Waals surface area contributed by atoms with Crippen LogP contribution in [0.3, 0.4) is 0 Å². The van der Waals surface area contributed by atoms with Crippen molar-refractivity contribution in [3.05, 3.63) is 28.2 Å². The number of anilines is 1. The Morgan fingerprint density at radius 1 is 1.33 bits per heavy atom. The Hall–Kier alpha value is -1.05. The van der Waals surface area contributed by atoms with Crippen molar-refractivity contribution in [1.82, 2.24) is 4.90 Å². The van der Waals surface area contributed by atoms with Crippen molar-refractivity contribution in [2.75, 3.05) is 31.5 Å². The van der Waals surface area contributed by atoms with Gasteiger partial charge in [-0.15, -0.1) is 0 Å². The highest BCUT2D eigenvalue weighted by atomic mass is 79.9. The molecular formula is C14H20BrN3. The molecule has 98 valence electrons. The molecule has 0 radical (unpaired) electrons. The summed E-state index contributed by atoms with van der Waals surface area (Å²) in [5.41, 5.74) is 1.60. The highest BCUT2D eigenvalue weighted by Gasteiger charge is 2.03. The molecule has 0 atom stereocenters. The van der Waals surface area contributed by atoms with Crippen molar-refractivity contribution in [3.8, 4) is 6.07 Å². The quantitative estimate of drug-likeness (QED) is 0.784. The van der Waals surface area contributed by atoms with Crippen LogP contribution in [0.4, 0.5) is 5.69 Å². The second kappa shape index (κ2) is 8.12. The number of nitriles is 1. The van der Waals surface area contributed by atoms with Crippen LogP contribution < -0.4 is 5.32 Å². The van der Waals surface area contributed by atoms with Gasteiger partial charge in [-0.3, -0.25) is 0 Å². The molecule has 0 unspecified atom stereocenters. The molecule has 0 aliphatic rings. The summed E-state index contributed by atoms with van der Waals surface area (Å²) < 4.78 is 0.993. The predicted octanol–water partition coefficient (Wildman–Crippen LogP) is 3.46. The van der Waals surface area contributed by atoms with Gasteiger partial charge >= 0.3 is 0 Å². The maximum absolute atomic E-state index is 9.02. The van der Waals surface area contributed by atoms with Gasteiger partial charge < -0.3 is 10.2 Å². The number of hydrogen-bond acceptors (Lipinski definition) is 3. The lowest BCUT2D eigenvalue weighted by Gasteiger charge is -2.18. The number of rotatable bonds is 7. The van der Waals surface area contributed by atoms with Crippen molar-refractivity contribution < 1.29 is 0 Å². The molecular weight excluding hydrogens is 290 g/mol. The van der Waals surface area contributed by atoms with E-state index < -0.39 is 0 Å². The zero-order chi connectivity index (χ0) is 13.4. The van der Waals surface area contributed by atoms with Crippen molar-refractivity contribution in [3.63, 3.8) is 0 Å². The molecule has 18 heavy (non-hydrogen) atoms. The molecule has 0 spiro atoms. The molecule has 4 heteroatoms. The maximum Gasteiger partial charge on any atom is 0.101 e. The second-order valence-electron chi connectivity index (χ2n) is 4.11. The van der Waals surface area contributed by atoms with E-state index in [1.165, 1.54) is 0 Å². The molecule has 1 aromatic rings. The van der Waals surface area contributed by atoms with E-state index in [4.69, 9.17) is 5.26 Å². The Balaban J connectivity index is 2.44. The maximum atomic E-state index is 9.02. The van der Waals surface area contributed by atoms with Gasteiger partial charge in [0.15, 0.2) is 0 Å². The predicted molar refractivity (Wildman–Crippen MR) is 79.8 cm³/mol. The average Bonchev–Trinajstić information content (AvgIpc) is 2.39. The third-order valence-corrected chi connectivity index (χ3v) is 3.46. The summed E-state index contributed by atoms with van der Waals surface area (Å²) in [6, 6.07) is 7.87. The van der Waals surface area contributed by atoms with Crippen LogP contribution in [0.1, 0.15) is 25.8 Å². The van der Waals surface area contributed by atoms with Crippen molar-refractivity contribution in [1.29, 1.82) is 5.26 Å². The summed E-state index contributed by atoms with van der Waals surface area (Å²) in [6.07, 6.45) is 1.08. The van der Waals surface area contributed by atoms with Gasteiger partial charge in [-0.05, 0) is 44.3 Å². The number of nitrogens with zero attached hydrogens (tertiary/aromatic N) is 2. The van der Waals surface area contributed by atoms with Gasteiger partial charge in [-0.25, -0.2) is 0 Å². The molecule has 0 bridgehead atoms. The van der Waals surface area contributed by atoms with E-state index >= 15 is 0 Å². The molecule has 0 heterocycles. The standard InChI is InChI=1S/C14H20BrN3/c1-3-18(4-2)9-5-8-17-14-10-13(15)7-6-12(14)11-16/h6-7,10,17H,3-5,8-9H2,1-2H3. The lowest BCUT2D eigenvalue weighted by atomic mass is 10.2. The van der Waals surface area contributed by atoms with E-state index in [9.17, 15) is 0 Å². The van der Waals surface area contributed by atoms with Gasteiger partial charge in [0.1, 0.15) is 6.07 Å². The van der Waals surface area contributed by atoms with Crippen molar-refractivity contribution in [2.45, 2.75) is 20.3 Å². The highest BCUT2D eigenvalue weighted by molar-refractivity contribution is 9.10. The molecule has 0 aromatic heterocycles. The Kier molecular flexibility index (Phi) is 6.77. The molecule has 1 rings (SSSR count). The zero-order valence-electron chi connectivity index (χ0n) is 11.0. The lowest BCUT2D eigenvalue weighted by Crippen LogP contribution is -2.25. The first-order valence-electron chi connectivity index (χ1n) is 6.37. The summed E-state index contributed by atoms with van der Waals surface area (Å²) in [4.78, 5) is 2.40. The molecule has 0 fully saturated rings. The normalized spacial score (nSPS) is 10.4. The Bertz CT molecular complexity index is 408. The molecule has 0 amide bonds. The van der Waals surface area contributed by atoms with Gasteiger partial charge in [0.25, 0.3) is 0 Å². The summed E-state index contributed by atoms with van der Waals surface area (Å²) in [6.45, 7) is 8.53. The smallest absolute Gasteiger partial charge is 0.101 e. The van der Waals surface area contributed by atoms with E-state index in [0.717, 1.165) is 42.8 Å². The molecule has 0 saturated heterocycles. The van der Waals surface area contributed by atoms with Crippen molar-refractivity contribution >= 4 is 21.6 Å². The van der Waals surface area contributed by atoms with Crippen LogP contribution in [0.2, 0.25) is 0 Å². The minimum absolute atomic E-state index is 0.695. The monoisotopic (exact) mass is 309 g/mol. The molecule has 0 saturated carbocycles. The van der Waals surface area contributed by atoms with E-state index in [-0.39, 0.29) is 0 Å². The van der Waals surface area contributed by atoms with E-state index in [0.29, 0.717) is 5.56 Å². The SMILES string of the molecule is CCN(CC)CCCNc1cc(Br)ccc1C#N. The highest BCUT2D eigenvalue weighted by Crippen LogP contribution is 2.20. The van der Waals surface area contributed by atoms with E-state index in [1.807, 2.05) is 18.2 Å².